The zero-order valence-corrected chi connectivity index (χ0v) is 15.2. The molecule has 0 atom stereocenters. The average molecular weight is 324 g/mol. The van der Waals surface area contributed by atoms with Crippen molar-refractivity contribution in [3.05, 3.63) is 0 Å². The topological polar surface area (TPSA) is 83.8 Å². The molecule has 20 heavy (non-hydrogen) atoms. The molecule has 0 saturated carbocycles. The van der Waals surface area contributed by atoms with E-state index in [9.17, 15) is 9.36 Å². The van der Waals surface area contributed by atoms with Gasteiger partial charge in [0.25, 0.3) is 0 Å². The van der Waals surface area contributed by atoms with Crippen molar-refractivity contribution >= 4 is 21.7 Å². The van der Waals surface area contributed by atoms with Crippen LogP contribution in [0, 0.1) is 0 Å². The minimum absolute atomic E-state index is 0.201. The molecule has 0 rings (SSSR count). The van der Waals surface area contributed by atoms with Gasteiger partial charge in [0.05, 0.1) is 0 Å². The number of Topliss-reactive ketones (excluding diaryl/α,β-unsaturated/α-hetero) is 1. The summed E-state index contributed by atoms with van der Waals surface area (Å²) < 4.78 is 16.7. The standard InChI is InChI=1S/C13H29O5PSi/c1-13(2,3)20(4,5)18-10-8-6-7-9-12(14)11-19(15,16)17/h6-11H2,1-5H3,(H2,15,16,17). The van der Waals surface area contributed by atoms with E-state index in [2.05, 4.69) is 33.9 Å². The lowest BCUT2D eigenvalue weighted by Gasteiger charge is -2.36. The molecular weight excluding hydrogens is 295 g/mol. The molecule has 0 aliphatic heterocycles. The van der Waals surface area contributed by atoms with Crippen LogP contribution in [0.2, 0.25) is 18.1 Å². The second kappa shape index (κ2) is 7.85. The van der Waals surface area contributed by atoms with E-state index in [0.29, 0.717) is 13.0 Å². The van der Waals surface area contributed by atoms with Crippen LogP contribution in [0.5, 0.6) is 0 Å². The molecule has 0 bridgehead atoms. The molecular formula is C13H29O5PSi. The molecule has 0 fully saturated rings. The number of rotatable bonds is 9. The van der Waals surface area contributed by atoms with Crippen LogP contribution in [0.4, 0.5) is 0 Å². The van der Waals surface area contributed by atoms with Crippen LogP contribution < -0.4 is 0 Å². The van der Waals surface area contributed by atoms with Crippen molar-refractivity contribution < 1.29 is 23.6 Å². The maximum Gasteiger partial charge on any atom is 0.332 e. The monoisotopic (exact) mass is 324 g/mol. The van der Waals surface area contributed by atoms with Crippen molar-refractivity contribution in [3.8, 4) is 0 Å². The van der Waals surface area contributed by atoms with Crippen LogP contribution in [-0.2, 0) is 13.8 Å². The minimum Gasteiger partial charge on any atom is -0.417 e. The largest absolute Gasteiger partial charge is 0.417 e. The number of unbranched alkanes of at least 4 members (excludes halogenated alkanes) is 2. The highest BCUT2D eigenvalue weighted by molar-refractivity contribution is 7.52. The van der Waals surface area contributed by atoms with Crippen molar-refractivity contribution in [2.45, 2.75) is 64.6 Å². The molecule has 0 saturated heterocycles. The Morgan fingerprint density at radius 1 is 1.15 bits per heavy atom. The molecule has 7 heteroatoms. The fraction of sp³-hybridized carbons (Fsp3) is 0.923. The lowest BCUT2D eigenvalue weighted by Crippen LogP contribution is -2.40. The summed E-state index contributed by atoms with van der Waals surface area (Å²) in [5.74, 6) is -0.358. The third kappa shape index (κ3) is 9.03. The Kier molecular flexibility index (Phi) is 7.85. The second-order valence-electron chi connectivity index (χ2n) is 6.78. The van der Waals surface area contributed by atoms with E-state index in [1.165, 1.54) is 0 Å². The Morgan fingerprint density at radius 2 is 1.70 bits per heavy atom. The number of carbonyl (C=O) groups is 1. The van der Waals surface area contributed by atoms with Gasteiger partial charge < -0.3 is 14.2 Å². The first-order valence-electron chi connectivity index (χ1n) is 7.05. The van der Waals surface area contributed by atoms with Gasteiger partial charge in [-0.25, -0.2) is 0 Å². The maximum atomic E-state index is 11.3. The Labute approximate surface area is 123 Å². The molecule has 5 nitrogen and oxygen atoms in total. The van der Waals surface area contributed by atoms with Crippen LogP contribution in [0.15, 0.2) is 0 Å². The van der Waals surface area contributed by atoms with E-state index >= 15 is 0 Å². The molecule has 0 aliphatic carbocycles. The fourth-order valence-electron chi connectivity index (χ4n) is 1.45. The Balaban J connectivity index is 3.74. The predicted octanol–water partition coefficient (Wildman–Crippen LogP) is 3.32. The van der Waals surface area contributed by atoms with Gasteiger partial charge in [0.2, 0.25) is 0 Å². The molecule has 0 aromatic carbocycles. The number of ketones is 1. The SMILES string of the molecule is CC(C)(C)[Si](C)(C)OCCCCCC(=O)CP(=O)(O)O. The third-order valence-electron chi connectivity index (χ3n) is 3.75. The van der Waals surface area contributed by atoms with Crippen molar-refractivity contribution in [2.75, 3.05) is 12.8 Å². The summed E-state index contributed by atoms with van der Waals surface area (Å²) in [6.45, 7) is 11.7. The summed E-state index contributed by atoms with van der Waals surface area (Å²) in [7, 11) is -5.88. The van der Waals surface area contributed by atoms with Crippen LogP contribution >= 0.6 is 7.60 Å². The first-order chi connectivity index (χ1) is 8.85. The van der Waals surface area contributed by atoms with Gasteiger partial charge in [-0.1, -0.05) is 27.2 Å². The van der Waals surface area contributed by atoms with Crippen LogP contribution in [-0.4, -0.2) is 36.7 Å². The second-order valence-corrected chi connectivity index (χ2v) is 13.2. The van der Waals surface area contributed by atoms with Crippen molar-refractivity contribution in [3.63, 3.8) is 0 Å². The number of hydrogen-bond acceptors (Lipinski definition) is 3. The third-order valence-corrected chi connectivity index (χ3v) is 9.05. The van der Waals surface area contributed by atoms with E-state index in [0.717, 1.165) is 12.8 Å². The molecule has 0 unspecified atom stereocenters. The van der Waals surface area contributed by atoms with Gasteiger partial charge >= 0.3 is 7.60 Å². The Morgan fingerprint density at radius 3 is 2.15 bits per heavy atom. The molecule has 0 aromatic heterocycles. The van der Waals surface area contributed by atoms with Gasteiger partial charge in [0.15, 0.2) is 8.32 Å². The fourth-order valence-corrected chi connectivity index (χ4v) is 3.16. The highest BCUT2D eigenvalue weighted by Gasteiger charge is 2.36. The van der Waals surface area contributed by atoms with E-state index in [-0.39, 0.29) is 17.2 Å². The first-order valence-corrected chi connectivity index (χ1v) is 11.8. The Hall–Kier alpha value is -0.00312. The van der Waals surface area contributed by atoms with E-state index < -0.39 is 22.1 Å². The van der Waals surface area contributed by atoms with E-state index in [1.54, 1.807) is 0 Å². The molecule has 0 spiro atoms. The Bertz CT molecular complexity index is 356. The van der Waals surface area contributed by atoms with E-state index in [1.807, 2.05) is 0 Å². The molecule has 120 valence electrons. The minimum atomic E-state index is -4.19. The maximum absolute atomic E-state index is 11.3. The van der Waals surface area contributed by atoms with Crippen LogP contribution in [0.1, 0.15) is 46.5 Å². The molecule has 0 aliphatic rings. The summed E-state index contributed by atoms with van der Waals surface area (Å²) in [6.07, 6.45) is 2.01. The number of hydrogen-bond donors (Lipinski definition) is 2. The average Bonchev–Trinajstić information content (AvgIpc) is 2.18. The molecule has 0 heterocycles. The highest BCUT2D eigenvalue weighted by Crippen LogP contribution is 2.36. The quantitative estimate of drug-likeness (QED) is 0.386. The normalized spacial score (nSPS) is 13.6. The molecule has 2 N–H and O–H groups in total. The van der Waals surface area contributed by atoms with Gasteiger partial charge in [-0.3, -0.25) is 9.36 Å². The zero-order chi connectivity index (χ0) is 16.0. The van der Waals surface area contributed by atoms with Crippen molar-refractivity contribution in [2.24, 2.45) is 0 Å². The van der Waals surface area contributed by atoms with Gasteiger partial charge in [-0.05, 0) is 31.0 Å². The number of carbonyl (C=O) groups excluding carboxylic acids is 1. The first kappa shape index (κ1) is 20.0. The zero-order valence-electron chi connectivity index (χ0n) is 13.3. The molecule has 0 radical (unpaired) electrons. The molecule has 0 amide bonds. The smallest absolute Gasteiger partial charge is 0.332 e. The summed E-state index contributed by atoms with van der Waals surface area (Å²) in [5, 5.41) is 0.201. The lowest BCUT2D eigenvalue weighted by atomic mass is 10.1. The van der Waals surface area contributed by atoms with E-state index in [4.69, 9.17) is 14.2 Å². The predicted molar refractivity (Wildman–Crippen MR) is 83.5 cm³/mol. The van der Waals surface area contributed by atoms with Crippen LogP contribution in [0.25, 0.3) is 0 Å². The van der Waals surface area contributed by atoms with Crippen molar-refractivity contribution in [1.82, 2.24) is 0 Å². The molecule has 0 aromatic rings. The van der Waals surface area contributed by atoms with Crippen LogP contribution in [0.3, 0.4) is 0 Å². The van der Waals surface area contributed by atoms with Crippen molar-refractivity contribution in [1.29, 1.82) is 0 Å². The summed E-state index contributed by atoms with van der Waals surface area (Å²) in [4.78, 5) is 28.6. The summed E-state index contributed by atoms with van der Waals surface area (Å²) in [5.41, 5.74) is 0. The highest BCUT2D eigenvalue weighted by atomic mass is 31.2. The van der Waals surface area contributed by atoms with Gasteiger partial charge in [-0.2, -0.15) is 0 Å². The van der Waals surface area contributed by atoms with Gasteiger partial charge in [0.1, 0.15) is 11.9 Å². The summed E-state index contributed by atoms with van der Waals surface area (Å²) >= 11 is 0. The summed E-state index contributed by atoms with van der Waals surface area (Å²) in [6, 6.07) is 0. The van der Waals surface area contributed by atoms with Gasteiger partial charge in [-0.15, -0.1) is 0 Å². The lowest BCUT2D eigenvalue weighted by molar-refractivity contribution is -0.117. The van der Waals surface area contributed by atoms with Gasteiger partial charge in [0, 0.05) is 13.0 Å².